The fraction of sp³-hybridized carbons (Fsp3) is 1.00. The van der Waals surface area contributed by atoms with Gasteiger partial charge in [0.25, 0.3) is 0 Å². The third kappa shape index (κ3) is 3.36. The maximum Gasteiger partial charge on any atom is 0.0101 e. The Hall–Kier alpha value is 0.350. The summed E-state index contributed by atoms with van der Waals surface area (Å²) in [7, 11) is 0. The van der Waals surface area contributed by atoms with Gasteiger partial charge in [-0.1, -0.05) is 27.7 Å². The summed E-state index contributed by atoms with van der Waals surface area (Å²) >= 11 is 2.03. The minimum absolute atomic E-state index is 0.509. The molecule has 0 aliphatic rings. The SMILES string of the molecule is CCSC(C)(C)CC. The average molecular weight is 132 g/mol. The van der Waals surface area contributed by atoms with E-state index in [4.69, 9.17) is 0 Å². The van der Waals surface area contributed by atoms with E-state index in [-0.39, 0.29) is 0 Å². The van der Waals surface area contributed by atoms with Crippen molar-refractivity contribution in [2.45, 2.75) is 38.9 Å². The molecule has 0 aromatic carbocycles. The summed E-state index contributed by atoms with van der Waals surface area (Å²) in [4.78, 5) is 0. The van der Waals surface area contributed by atoms with Crippen LogP contribution in [0, 0.1) is 0 Å². The van der Waals surface area contributed by atoms with Crippen molar-refractivity contribution in [2.75, 3.05) is 5.75 Å². The van der Waals surface area contributed by atoms with Crippen molar-refractivity contribution >= 4 is 11.8 Å². The first kappa shape index (κ1) is 8.35. The Labute approximate surface area is 57.1 Å². The van der Waals surface area contributed by atoms with Crippen molar-refractivity contribution in [3.8, 4) is 0 Å². The first-order valence-corrected chi connectivity index (χ1v) is 4.25. The monoisotopic (exact) mass is 132 g/mol. The highest BCUT2D eigenvalue weighted by Gasteiger charge is 2.12. The molecule has 0 bridgehead atoms. The van der Waals surface area contributed by atoms with Gasteiger partial charge < -0.3 is 0 Å². The summed E-state index contributed by atoms with van der Waals surface area (Å²) < 4.78 is 0.509. The molecule has 1 heteroatoms. The van der Waals surface area contributed by atoms with Gasteiger partial charge in [-0.25, -0.2) is 0 Å². The van der Waals surface area contributed by atoms with E-state index in [1.165, 1.54) is 12.2 Å². The predicted octanol–water partition coefficient (Wildman–Crippen LogP) is 2.93. The van der Waals surface area contributed by atoms with Gasteiger partial charge in [0.05, 0.1) is 0 Å². The minimum atomic E-state index is 0.509. The molecular weight excluding hydrogens is 116 g/mol. The van der Waals surface area contributed by atoms with E-state index in [2.05, 4.69) is 27.7 Å². The molecule has 0 aromatic rings. The van der Waals surface area contributed by atoms with Crippen LogP contribution in [0.1, 0.15) is 34.1 Å². The van der Waals surface area contributed by atoms with E-state index in [1.54, 1.807) is 0 Å². The van der Waals surface area contributed by atoms with Crippen molar-refractivity contribution < 1.29 is 0 Å². The van der Waals surface area contributed by atoms with Gasteiger partial charge in [0.1, 0.15) is 0 Å². The minimum Gasteiger partial charge on any atom is -0.156 e. The molecule has 0 heterocycles. The third-order valence-corrected chi connectivity index (χ3v) is 2.75. The molecule has 0 aliphatic carbocycles. The molecule has 0 atom stereocenters. The topological polar surface area (TPSA) is 0 Å². The number of rotatable bonds is 3. The maximum absolute atomic E-state index is 2.29. The van der Waals surface area contributed by atoms with Gasteiger partial charge in [0.15, 0.2) is 0 Å². The van der Waals surface area contributed by atoms with Crippen LogP contribution in [-0.2, 0) is 0 Å². The Morgan fingerprint density at radius 2 is 1.75 bits per heavy atom. The largest absolute Gasteiger partial charge is 0.156 e. The van der Waals surface area contributed by atoms with Gasteiger partial charge in [-0.15, -0.1) is 0 Å². The standard InChI is InChI=1S/C7H16S/c1-5-7(3,4)8-6-2/h5-6H2,1-4H3. The van der Waals surface area contributed by atoms with Crippen molar-refractivity contribution in [1.82, 2.24) is 0 Å². The van der Waals surface area contributed by atoms with Crippen LogP contribution in [0.25, 0.3) is 0 Å². The molecule has 0 rings (SSSR count). The van der Waals surface area contributed by atoms with Crippen LogP contribution in [0.15, 0.2) is 0 Å². The highest BCUT2D eigenvalue weighted by Crippen LogP contribution is 2.26. The van der Waals surface area contributed by atoms with Crippen molar-refractivity contribution in [2.24, 2.45) is 0 Å². The second-order valence-corrected chi connectivity index (χ2v) is 4.52. The van der Waals surface area contributed by atoms with Crippen LogP contribution < -0.4 is 0 Å². The molecule has 0 amide bonds. The molecule has 0 aromatic heterocycles. The lowest BCUT2D eigenvalue weighted by Crippen LogP contribution is -2.12. The normalized spacial score (nSPS) is 12.0. The molecular formula is C7H16S. The highest BCUT2D eigenvalue weighted by molar-refractivity contribution is 8.00. The number of thioether (sulfide) groups is 1. The zero-order valence-electron chi connectivity index (χ0n) is 6.32. The Morgan fingerprint density at radius 1 is 1.25 bits per heavy atom. The van der Waals surface area contributed by atoms with Crippen LogP contribution in [-0.4, -0.2) is 10.5 Å². The molecule has 8 heavy (non-hydrogen) atoms. The first-order valence-electron chi connectivity index (χ1n) is 3.26. The van der Waals surface area contributed by atoms with Crippen molar-refractivity contribution in [3.05, 3.63) is 0 Å². The van der Waals surface area contributed by atoms with E-state index in [0.29, 0.717) is 4.75 Å². The molecule has 0 nitrogen and oxygen atoms in total. The molecule has 0 saturated carbocycles. The molecule has 0 N–H and O–H groups in total. The zero-order valence-corrected chi connectivity index (χ0v) is 7.14. The second-order valence-electron chi connectivity index (χ2n) is 2.55. The van der Waals surface area contributed by atoms with Gasteiger partial charge >= 0.3 is 0 Å². The van der Waals surface area contributed by atoms with E-state index < -0.39 is 0 Å². The van der Waals surface area contributed by atoms with Crippen LogP contribution in [0.3, 0.4) is 0 Å². The fourth-order valence-corrected chi connectivity index (χ4v) is 1.48. The van der Waals surface area contributed by atoms with Crippen LogP contribution >= 0.6 is 11.8 Å². The average Bonchev–Trinajstić information content (AvgIpc) is 1.67. The summed E-state index contributed by atoms with van der Waals surface area (Å²) in [5, 5.41) is 0. The molecule has 0 unspecified atom stereocenters. The quantitative estimate of drug-likeness (QED) is 0.569. The molecule has 50 valence electrons. The van der Waals surface area contributed by atoms with Crippen molar-refractivity contribution in [1.29, 1.82) is 0 Å². The highest BCUT2D eigenvalue weighted by atomic mass is 32.2. The smallest absolute Gasteiger partial charge is 0.0101 e. The van der Waals surface area contributed by atoms with Crippen molar-refractivity contribution in [3.63, 3.8) is 0 Å². The zero-order chi connectivity index (χ0) is 6.62. The van der Waals surface area contributed by atoms with E-state index in [9.17, 15) is 0 Å². The first-order chi connectivity index (χ1) is 3.62. The van der Waals surface area contributed by atoms with Gasteiger partial charge in [0.2, 0.25) is 0 Å². The van der Waals surface area contributed by atoms with Gasteiger partial charge in [-0.05, 0) is 12.2 Å². The third-order valence-electron chi connectivity index (χ3n) is 1.39. The lowest BCUT2D eigenvalue weighted by Gasteiger charge is -2.20. The summed E-state index contributed by atoms with van der Waals surface area (Å²) in [6.45, 7) is 9.03. The fourth-order valence-electron chi connectivity index (χ4n) is 0.493. The Bertz CT molecular complexity index is 57.4. The van der Waals surface area contributed by atoms with Gasteiger partial charge in [0, 0.05) is 4.75 Å². The summed E-state index contributed by atoms with van der Waals surface area (Å²) in [6, 6.07) is 0. The van der Waals surface area contributed by atoms with Crippen LogP contribution in [0.5, 0.6) is 0 Å². The molecule has 0 saturated heterocycles. The van der Waals surface area contributed by atoms with Crippen LogP contribution in [0.4, 0.5) is 0 Å². The van der Waals surface area contributed by atoms with Gasteiger partial charge in [-0.2, -0.15) is 11.8 Å². The summed E-state index contributed by atoms with van der Waals surface area (Å²) in [5.41, 5.74) is 0. The Morgan fingerprint density at radius 3 is 1.88 bits per heavy atom. The Kier molecular flexibility index (Phi) is 3.54. The molecule has 0 fully saturated rings. The summed E-state index contributed by atoms with van der Waals surface area (Å²) in [5.74, 6) is 1.24. The lowest BCUT2D eigenvalue weighted by molar-refractivity contribution is 0.685. The van der Waals surface area contributed by atoms with E-state index in [0.717, 1.165) is 0 Å². The second kappa shape index (κ2) is 3.39. The van der Waals surface area contributed by atoms with Gasteiger partial charge in [-0.3, -0.25) is 0 Å². The number of hydrogen-bond donors (Lipinski definition) is 0. The predicted molar refractivity (Wildman–Crippen MR) is 42.5 cm³/mol. The molecule has 0 aliphatic heterocycles. The Balaban J connectivity index is 3.37. The van der Waals surface area contributed by atoms with Crippen LogP contribution in [0.2, 0.25) is 0 Å². The van der Waals surface area contributed by atoms with E-state index in [1.807, 2.05) is 11.8 Å². The molecule has 0 spiro atoms. The molecule has 0 radical (unpaired) electrons. The lowest BCUT2D eigenvalue weighted by atomic mass is 10.1. The summed E-state index contributed by atoms with van der Waals surface area (Å²) in [6.07, 6.45) is 1.27. The maximum atomic E-state index is 2.29. The van der Waals surface area contributed by atoms with E-state index >= 15 is 0 Å². The number of hydrogen-bond acceptors (Lipinski definition) is 1.